The van der Waals surface area contributed by atoms with Crippen LogP contribution in [0.5, 0.6) is 0 Å². The largest absolute Gasteiger partial charge is 0.390 e. The fraction of sp³-hybridized carbons (Fsp3) is 1.00. The van der Waals surface area contributed by atoms with Gasteiger partial charge in [-0.05, 0) is 31.6 Å². The van der Waals surface area contributed by atoms with Gasteiger partial charge in [0.1, 0.15) is 0 Å². The third kappa shape index (κ3) is 12.9. The summed E-state index contributed by atoms with van der Waals surface area (Å²) in [5.41, 5.74) is -0.390. The van der Waals surface area contributed by atoms with Crippen LogP contribution in [-0.4, -0.2) is 10.7 Å². The molecule has 0 aromatic carbocycles. The molecule has 0 saturated carbocycles. The average Bonchev–Trinajstić information content (AvgIpc) is 2.60. The summed E-state index contributed by atoms with van der Waals surface area (Å²) in [7, 11) is 0. The van der Waals surface area contributed by atoms with Crippen molar-refractivity contribution in [2.24, 2.45) is 5.92 Å². The van der Waals surface area contributed by atoms with E-state index in [9.17, 15) is 5.11 Å². The number of hydrogen-bond acceptors (Lipinski definition) is 1. The second-order valence-electron chi connectivity index (χ2n) is 8.41. The molecule has 0 heterocycles. The van der Waals surface area contributed by atoms with Crippen LogP contribution in [-0.2, 0) is 0 Å². The molecule has 0 aliphatic heterocycles. The maximum atomic E-state index is 11.4. The Morgan fingerprint density at radius 2 is 1.04 bits per heavy atom. The lowest BCUT2D eigenvalue weighted by Crippen LogP contribution is -2.38. The van der Waals surface area contributed by atoms with Gasteiger partial charge in [-0.15, -0.1) is 0 Å². The van der Waals surface area contributed by atoms with Gasteiger partial charge in [-0.3, -0.25) is 0 Å². The highest BCUT2D eigenvalue weighted by Gasteiger charge is 2.34. The molecule has 1 N–H and O–H groups in total. The van der Waals surface area contributed by atoms with Gasteiger partial charge >= 0.3 is 0 Å². The van der Waals surface area contributed by atoms with Gasteiger partial charge in [-0.25, -0.2) is 0 Å². The summed E-state index contributed by atoms with van der Waals surface area (Å²) < 4.78 is 0. The van der Waals surface area contributed by atoms with E-state index in [1.165, 1.54) is 96.3 Å². The molecule has 0 aromatic heterocycles. The normalized spacial score (nSPS) is 15.2. The summed E-state index contributed by atoms with van der Waals surface area (Å²) >= 11 is 0. The molecule has 0 amide bonds. The number of rotatable bonds is 19. The van der Waals surface area contributed by atoms with Gasteiger partial charge < -0.3 is 5.11 Å². The summed E-state index contributed by atoms with van der Waals surface area (Å²) in [6, 6.07) is 0. The molecule has 25 heavy (non-hydrogen) atoms. The predicted molar refractivity (Wildman–Crippen MR) is 114 cm³/mol. The molecule has 0 aliphatic rings. The molecule has 2 unspecified atom stereocenters. The van der Waals surface area contributed by atoms with Crippen LogP contribution >= 0.6 is 0 Å². The minimum absolute atomic E-state index is 0.390. The zero-order valence-corrected chi connectivity index (χ0v) is 18.3. The van der Waals surface area contributed by atoms with E-state index in [-0.39, 0.29) is 5.60 Å². The summed E-state index contributed by atoms with van der Waals surface area (Å²) in [6.07, 6.45) is 22.9. The minimum Gasteiger partial charge on any atom is -0.390 e. The number of hydrogen-bond donors (Lipinski definition) is 1. The first kappa shape index (κ1) is 25.0. The molecule has 0 rings (SSSR count). The van der Waals surface area contributed by atoms with E-state index in [1.807, 2.05) is 0 Å². The monoisotopic (exact) mass is 354 g/mol. The zero-order chi connectivity index (χ0) is 18.8. The lowest BCUT2D eigenvalue weighted by Gasteiger charge is -2.37. The highest BCUT2D eigenvalue weighted by molar-refractivity contribution is 4.86. The molecule has 0 fully saturated rings. The molecule has 0 radical (unpaired) electrons. The quantitative estimate of drug-likeness (QED) is 0.231. The molecular weight excluding hydrogens is 304 g/mol. The molecule has 0 bridgehead atoms. The van der Waals surface area contributed by atoms with E-state index in [0.29, 0.717) is 5.92 Å². The van der Waals surface area contributed by atoms with Crippen molar-refractivity contribution in [3.05, 3.63) is 0 Å². The fourth-order valence-corrected chi connectivity index (χ4v) is 4.38. The fourth-order valence-electron chi connectivity index (χ4n) is 4.38. The van der Waals surface area contributed by atoms with Crippen molar-refractivity contribution in [1.82, 2.24) is 0 Å². The standard InChI is InChI=1S/C24H50O/c1-5-9-11-13-15-17-20-23(19-7-3)24(25,21-8-4)22-18-16-14-12-10-6-2/h23,25H,5-22H2,1-4H3. The Bertz CT molecular complexity index is 263. The highest BCUT2D eigenvalue weighted by Crippen LogP contribution is 2.36. The Labute approximate surface area is 160 Å². The first-order chi connectivity index (χ1) is 12.1. The highest BCUT2D eigenvalue weighted by atomic mass is 16.3. The summed E-state index contributed by atoms with van der Waals surface area (Å²) in [5, 5.41) is 11.4. The number of unbranched alkanes of at least 4 members (excludes halogenated alkanes) is 10. The van der Waals surface area contributed by atoms with Gasteiger partial charge in [0.05, 0.1) is 5.60 Å². The van der Waals surface area contributed by atoms with Crippen molar-refractivity contribution in [1.29, 1.82) is 0 Å². The topological polar surface area (TPSA) is 20.2 Å². The Morgan fingerprint density at radius 3 is 1.56 bits per heavy atom. The molecule has 1 nitrogen and oxygen atoms in total. The van der Waals surface area contributed by atoms with Gasteiger partial charge in [0, 0.05) is 0 Å². The minimum atomic E-state index is -0.390. The van der Waals surface area contributed by atoms with Crippen LogP contribution in [0.25, 0.3) is 0 Å². The summed E-state index contributed by atoms with van der Waals surface area (Å²) in [4.78, 5) is 0. The van der Waals surface area contributed by atoms with Gasteiger partial charge in [-0.2, -0.15) is 0 Å². The van der Waals surface area contributed by atoms with E-state index in [1.54, 1.807) is 0 Å². The van der Waals surface area contributed by atoms with Crippen molar-refractivity contribution in [2.75, 3.05) is 0 Å². The SMILES string of the molecule is CCCCCCCCC(CCC)C(O)(CCC)CCCCCCCC. The van der Waals surface area contributed by atoms with Crippen LogP contribution in [0.4, 0.5) is 0 Å². The van der Waals surface area contributed by atoms with Crippen molar-refractivity contribution < 1.29 is 5.11 Å². The van der Waals surface area contributed by atoms with Crippen LogP contribution in [0.2, 0.25) is 0 Å². The van der Waals surface area contributed by atoms with Gasteiger partial charge in [-0.1, -0.05) is 118 Å². The molecule has 0 spiro atoms. The van der Waals surface area contributed by atoms with E-state index in [0.717, 1.165) is 19.3 Å². The van der Waals surface area contributed by atoms with E-state index in [2.05, 4.69) is 27.7 Å². The molecule has 1 heteroatoms. The predicted octanol–water partition coefficient (Wildman–Crippen LogP) is 8.44. The van der Waals surface area contributed by atoms with Crippen molar-refractivity contribution in [3.8, 4) is 0 Å². The molecular formula is C24H50O. The van der Waals surface area contributed by atoms with Crippen molar-refractivity contribution in [2.45, 2.75) is 149 Å². The Morgan fingerprint density at radius 1 is 0.520 bits per heavy atom. The van der Waals surface area contributed by atoms with Crippen molar-refractivity contribution >= 4 is 0 Å². The molecule has 0 aliphatic carbocycles. The van der Waals surface area contributed by atoms with Gasteiger partial charge in [0.2, 0.25) is 0 Å². The molecule has 2 atom stereocenters. The first-order valence-corrected chi connectivity index (χ1v) is 11.9. The van der Waals surface area contributed by atoms with Crippen LogP contribution in [0.1, 0.15) is 143 Å². The second kappa shape index (κ2) is 17.4. The van der Waals surface area contributed by atoms with Crippen LogP contribution in [0.3, 0.4) is 0 Å². The van der Waals surface area contributed by atoms with Crippen LogP contribution < -0.4 is 0 Å². The molecule has 0 aromatic rings. The van der Waals surface area contributed by atoms with Crippen molar-refractivity contribution in [3.63, 3.8) is 0 Å². The van der Waals surface area contributed by atoms with Crippen LogP contribution in [0.15, 0.2) is 0 Å². The summed E-state index contributed by atoms with van der Waals surface area (Å²) in [5.74, 6) is 0.527. The Hall–Kier alpha value is -0.0400. The zero-order valence-electron chi connectivity index (χ0n) is 18.3. The second-order valence-corrected chi connectivity index (χ2v) is 8.41. The van der Waals surface area contributed by atoms with Crippen LogP contribution in [0, 0.1) is 5.92 Å². The van der Waals surface area contributed by atoms with Gasteiger partial charge in [0.25, 0.3) is 0 Å². The maximum absolute atomic E-state index is 11.4. The average molecular weight is 355 g/mol. The molecule has 152 valence electrons. The lowest BCUT2D eigenvalue weighted by molar-refractivity contribution is -0.0438. The Balaban J connectivity index is 4.32. The summed E-state index contributed by atoms with van der Waals surface area (Å²) in [6.45, 7) is 9.08. The third-order valence-electron chi connectivity index (χ3n) is 5.95. The van der Waals surface area contributed by atoms with Gasteiger partial charge in [0.15, 0.2) is 0 Å². The Kier molecular flexibility index (Phi) is 17.3. The smallest absolute Gasteiger partial charge is 0.0675 e. The first-order valence-electron chi connectivity index (χ1n) is 11.9. The third-order valence-corrected chi connectivity index (χ3v) is 5.95. The van der Waals surface area contributed by atoms with E-state index in [4.69, 9.17) is 0 Å². The van der Waals surface area contributed by atoms with E-state index < -0.39 is 0 Å². The number of aliphatic hydroxyl groups is 1. The molecule has 0 saturated heterocycles. The lowest BCUT2D eigenvalue weighted by atomic mass is 9.75. The maximum Gasteiger partial charge on any atom is 0.0675 e. The van der Waals surface area contributed by atoms with E-state index >= 15 is 0 Å².